The third kappa shape index (κ3) is 5.89. The molecule has 1 N–H and O–H groups in total. The van der Waals surface area contributed by atoms with E-state index in [0.29, 0.717) is 11.7 Å². The number of hydrogen-bond donors (Lipinski definition) is 1. The molecule has 1 fully saturated rings. The Bertz CT molecular complexity index is 1370. The number of nitrogens with zero attached hydrogens (tertiary/aromatic N) is 4. The smallest absolute Gasteiger partial charge is 0.269 e. The number of nitro groups is 1. The first-order valence-corrected chi connectivity index (χ1v) is 13.3. The number of rotatable bonds is 8. The molecule has 37 heavy (non-hydrogen) atoms. The first-order valence-electron chi connectivity index (χ1n) is 12.4. The number of anilines is 1. The first kappa shape index (κ1) is 24.7. The van der Waals surface area contributed by atoms with E-state index in [1.165, 1.54) is 55.3 Å². The van der Waals surface area contributed by atoms with Gasteiger partial charge >= 0.3 is 0 Å². The van der Waals surface area contributed by atoms with Crippen molar-refractivity contribution < 1.29 is 9.72 Å². The molecule has 1 aliphatic carbocycles. The Hall–Kier alpha value is -3.98. The minimum Gasteiger partial charge on any atom is -0.325 e. The van der Waals surface area contributed by atoms with Crippen molar-refractivity contribution in [3.63, 3.8) is 0 Å². The number of aromatic nitrogens is 3. The zero-order valence-corrected chi connectivity index (χ0v) is 21.1. The van der Waals surface area contributed by atoms with Crippen LogP contribution in [-0.4, -0.2) is 31.3 Å². The Balaban J connectivity index is 1.33. The molecule has 1 aromatic heterocycles. The fraction of sp³-hybridized carbons (Fsp3) is 0.250. The second kappa shape index (κ2) is 11.4. The van der Waals surface area contributed by atoms with Crippen LogP contribution in [-0.2, 0) is 4.79 Å². The van der Waals surface area contributed by atoms with Gasteiger partial charge in [-0.2, -0.15) is 0 Å². The van der Waals surface area contributed by atoms with Crippen molar-refractivity contribution in [3.8, 4) is 22.5 Å². The highest BCUT2D eigenvalue weighted by atomic mass is 32.2. The van der Waals surface area contributed by atoms with Gasteiger partial charge in [-0.25, -0.2) is 0 Å². The molecule has 9 heteroatoms. The van der Waals surface area contributed by atoms with E-state index in [4.69, 9.17) is 0 Å². The van der Waals surface area contributed by atoms with Crippen LogP contribution < -0.4 is 5.32 Å². The molecule has 0 radical (unpaired) electrons. The van der Waals surface area contributed by atoms with Gasteiger partial charge in [0.2, 0.25) is 5.91 Å². The van der Waals surface area contributed by atoms with Gasteiger partial charge in [0.1, 0.15) is 0 Å². The molecule has 3 aromatic carbocycles. The van der Waals surface area contributed by atoms with Crippen LogP contribution in [0.25, 0.3) is 22.5 Å². The molecule has 1 amide bonds. The van der Waals surface area contributed by atoms with Crippen LogP contribution in [0, 0.1) is 10.1 Å². The van der Waals surface area contributed by atoms with E-state index in [-0.39, 0.29) is 17.3 Å². The Labute approximate surface area is 219 Å². The Morgan fingerprint density at radius 3 is 2.22 bits per heavy atom. The molecule has 0 atom stereocenters. The van der Waals surface area contributed by atoms with Crippen molar-refractivity contribution in [2.24, 2.45) is 0 Å². The van der Waals surface area contributed by atoms with Gasteiger partial charge in [0, 0.05) is 29.4 Å². The number of thioether (sulfide) groups is 1. The Morgan fingerprint density at radius 2 is 1.54 bits per heavy atom. The summed E-state index contributed by atoms with van der Waals surface area (Å²) in [7, 11) is 0. The van der Waals surface area contributed by atoms with Gasteiger partial charge in [-0.05, 0) is 36.1 Å². The second-order valence-corrected chi connectivity index (χ2v) is 9.99. The zero-order valence-electron chi connectivity index (χ0n) is 20.2. The molecular weight excluding hydrogens is 486 g/mol. The predicted octanol–water partition coefficient (Wildman–Crippen LogP) is 6.76. The predicted molar refractivity (Wildman–Crippen MR) is 145 cm³/mol. The van der Waals surface area contributed by atoms with Gasteiger partial charge in [0.15, 0.2) is 11.0 Å². The molecule has 188 valence electrons. The fourth-order valence-electron chi connectivity index (χ4n) is 4.68. The van der Waals surface area contributed by atoms with Gasteiger partial charge in [-0.1, -0.05) is 85.6 Å². The van der Waals surface area contributed by atoms with Crippen LogP contribution in [0.4, 0.5) is 11.4 Å². The molecular formula is C28H27N5O3S. The van der Waals surface area contributed by atoms with Crippen LogP contribution in [0.15, 0.2) is 84.0 Å². The summed E-state index contributed by atoms with van der Waals surface area (Å²) in [4.78, 5) is 23.0. The molecule has 0 aliphatic heterocycles. The normalized spacial score (nSPS) is 13.8. The van der Waals surface area contributed by atoms with Gasteiger partial charge in [0.25, 0.3) is 5.69 Å². The lowest BCUT2D eigenvalue weighted by molar-refractivity contribution is -0.384. The van der Waals surface area contributed by atoms with Crippen molar-refractivity contribution in [1.29, 1.82) is 0 Å². The second-order valence-electron chi connectivity index (χ2n) is 9.05. The number of benzene rings is 3. The maximum absolute atomic E-state index is 12.6. The molecule has 0 saturated heterocycles. The number of amides is 1. The summed E-state index contributed by atoms with van der Waals surface area (Å²) in [5, 5.41) is 23.4. The lowest BCUT2D eigenvalue weighted by Crippen LogP contribution is -2.17. The van der Waals surface area contributed by atoms with E-state index in [2.05, 4.69) is 56.5 Å². The fourth-order valence-corrected chi connectivity index (χ4v) is 5.48. The monoisotopic (exact) mass is 513 g/mol. The standard InChI is InChI=1S/C28H27N5O3S/c34-26(29-23-15-17-25(18-16-23)33(35)36)19-37-28-31-30-27(32(28)24-9-5-2-6-10-24)22-13-11-21(12-14-22)20-7-3-1-4-8-20/h1,3-4,7-8,11-18,24H,2,5-6,9-10,19H2,(H,29,34). The van der Waals surface area contributed by atoms with E-state index in [0.717, 1.165) is 40.5 Å². The number of non-ortho nitro benzene ring substituents is 1. The molecule has 1 saturated carbocycles. The highest BCUT2D eigenvalue weighted by Crippen LogP contribution is 2.36. The van der Waals surface area contributed by atoms with Crippen molar-refractivity contribution in [1.82, 2.24) is 14.8 Å². The van der Waals surface area contributed by atoms with E-state index >= 15 is 0 Å². The highest BCUT2D eigenvalue weighted by molar-refractivity contribution is 7.99. The number of nitro benzene ring substituents is 1. The minimum atomic E-state index is -0.466. The van der Waals surface area contributed by atoms with Crippen LogP contribution in [0.3, 0.4) is 0 Å². The summed E-state index contributed by atoms with van der Waals surface area (Å²) in [5.74, 6) is 0.782. The lowest BCUT2D eigenvalue weighted by atomic mass is 9.95. The molecule has 8 nitrogen and oxygen atoms in total. The van der Waals surface area contributed by atoms with Gasteiger partial charge in [-0.3, -0.25) is 19.5 Å². The average Bonchev–Trinajstić information content (AvgIpc) is 3.37. The number of carbonyl (C=O) groups excluding carboxylic acids is 1. The maximum atomic E-state index is 12.6. The topological polar surface area (TPSA) is 103 Å². The average molecular weight is 514 g/mol. The maximum Gasteiger partial charge on any atom is 0.269 e. The largest absolute Gasteiger partial charge is 0.325 e. The summed E-state index contributed by atoms with van der Waals surface area (Å²) in [5.41, 5.74) is 3.81. The van der Waals surface area contributed by atoms with E-state index < -0.39 is 4.92 Å². The molecule has 4 aromatic rings. The summed E-state index contributed by atoms with van der Waals surface area (Å²) < 4.78 is 2.21. The van der Waals surface area contributed by atoms with Gasteiger partial charge in [-0.15, -0.1) is 10.2 Å². The molecule has 0 spiro atoms. The Kier molecular flexibility index (Phi) is 7.60. The van der Waals surface area contributed by atoms with Crippen LogP contribution >= 0.6 is 11.8 Å². The SMILES string of the molecule is O=C(CSc1nnc(-c2ccc(-c3ccccc3)cc2)n1C1CCCCC1)Nc1ccc([N+](=O)[O-])cc1. The molecule has 0 bridgehead atoms. The first-order chi connectivity index (χ1) is 18.1. The van der Waals surface area contributed by atoms with Crippen molar-refractivity contribution in [3.05, 3.63) is 89.0 Å². The molecule has 0 unspecified atom stereocenters. The van der Waals surface area contributed by atoms with E-state index in [1.54, 1.807) is 0 Å². The summed E-state index contributed by atoms with van der Waals surface area (Å²) in [6.45, 7) is 0. The van der Waals surface area contributed by atoms with E-state index in [1.807, 2.05) is 18.2 Å². The summed E-state index contributed by atoms with van der Waals surface area (Å²) >= 11 is 1.36. The van der Waals surface area contributed by atoms with Crippen LogP contribution in [0.1, 0.15) is 38.1 Å². The quantitative estimate of drug-likeness (QED) is 0.159. The van der Waals surface area contributed by atoms with Crippen LogP contribution in [0.2, 0.25) is 0 Å². The molecule has 1 aliphatic rings. The van der Waals surface area contributed by atoms with Gasteiger partial charge < -0.3 is 5.32 Å². The lowest BCUT2D eigenvalue weighted by Gasteiger charge is -2.25. The van der Waals surface area contributed by atoms with Crippen molar-refractivity contribution in [2.45, 2.75) is 43.3 Å². The van der Waals surface area contributed by atoms with Crippen molar-refractivity contribution >= 4 is 29.0 Å². The zero-order chi connectivity index (χ0) is 25.6. The number of carbonyl (C=O) groups is 1. The highest BCUT2D eigenvalue weighted by Gasteiger charge is 2.24. The van der Waals surface area contributed by atoms with Crippen LogP contribution in [0.5, 0.6) is 0 Å². The molecule has 1 heterocycles. The van der Waals surface area contributed by atoms with E-state index in [9.17, 15) is 14.9 Å². The Morgan fingerprint density at radius 1 is 0.892 bits per heavy atom. The molecule has 5 rings (SSSR count). The van der Waals surface area contributed by atoms with Gasteiger partial charge in [0.05, 0.1) is 10.7 Å². The minimum absolute atomic E-state index is 0.0164. The summed E-state index contributed by atoms with van der Waals surface area (Å²) in [6, 6.07) is 24.7. The number of hydrogen-bond acceptors (Lipinski definition) is 6. The number of nitrogens with one attached hydrogen (secondary N) is 1. The third-order valence-corrected chi connectivity index (χ3v) is 7.49. The summed E-state index contributed by atoms with van der Waals surface area (Å²) in [6.07, 6.45) is 5.70. The third-order valence-electron chi connectivity index (χ3n) is 6.55. The van der Waals surface area contributed by atoms with Crippen molar-refractivity contribution in [2.75, 3.05) is 11.1 Å².